The molecule has 150 valence electrons. The van der Waals surface area contributed by atoms with Crippen LogP contribution in [0.4, 0.5) is 5.69 Å². The first kappa shape index (κ1) is 20.6. The number of nitrogens with zero attached hydrogens (tertiary/aromatic N) is 2. The van der Waals surface area contributed by atoms with E-state index in [9.17, 15) is 18.3 Å². The van der Waals surface area contributed by atoms with Crippen molar-refractivity contribution in [1.82, 2.24) is 9.29 Å². The lowest BCUT2D eigenvalue weighted by Gasteiger charge is -2.17. The fraction of sp³-hybridized carbons (Fsp3) is 0.300. The van der Waals surface area contributed by atoms with Gasteiger partial charge in [0.15, 0.2) is 0 Å². The van der Waals surface area contributed by atoms with E-state index in [0.29, 0.717) is 16.8 Å². The Morgan fingerprint density at radius 1 is 1.48 bits per heavy atom. The van der Waals surface area contributed by atoms with Gasteiger partial charge in [0, 0.05) is 24.5 Å². The number of terminal acetylenes is 1. The topological polar surface area (TPSA) is 124 Å². The number of amides is 1. The molecule has 2 aromatic rings. The van der Waals surface area contributed by atoms with Crippen LogP contribution in [0.5, 0.6) is 0 Å². The molecule has 2 unspecified atom stereocenters. The summed E-state index contributed by atoms with van der Waals surface area (Å²) in [6.07, 6.45) is 5.80. The monoisotopic (exact) mass is 412 g/mol. The molecular formula is C20H20N4O4S. The van der Waals surface area contributed by atoms with Crippen molar-refractivity contribution in [2.45, 2.75) is 36.8 Å². The summed E-state index contributed by atoms with van der Waals surface area (Å²) in [7, 11) is -2.37. The van der Waals surface area contributed by atoms with Crippen LogP contribution in [0.1, 0.15) is 33.6 Å². The standard InChI is InChI=1S/C20H20N4O4S/c1-4-17(25)16-8-7-15-18(29(27,28)23-16)11-24(3)19(15)20(26)22-14-6-5-12(2)13(9-14)10-21/h1,5-6,9,11,16-17,23,25H,7-8H2,2-3H3,(H,22,26). The van der Waals surface area contributed by atoms with Gasteiger partial charge in [0.25, 0.3) is 5.91 Å². The van der Waals surface area contributed by atoms with E-state index in [4.69, 9.17) is 11.7 Å². The molecule has 0 saturated heterocycles. The summed E-state index contributed by atoms with van der Waals surface area (Å²) in [5, 5.41) is 21.8. The van der Waals surface area contributed by atoms with E-state index in [0.717, 1.165) is 5.56 Å². The highest BCUT2D eigenvalue weighted by Gasteiger charge is 2.34. The number of sulfonamides is 1. The summed E-state index contributed by atoms with van der Waals surface area (Å²) < 4.78 is 29.3. The van der Waals surface area contributed by atoms with E-state index >= 15 is 0 Å². The van der Waals surface area contributed by atoms with Crippen molar-refractivity contribution >= 4 is 21.6 Å². The molecule has 1 amide bonds. The first-order valence-electron chi connectivity index (χ1n) is 8.84. The summed E-state index contributed by atoms with van der Waals surface area (Å²) in [6, 6.07) is 6.18. The lowest BCUT2D eigenvalue weighted by Crippen LogP contribution is -2.41. The van der Waals surface area contributed by atoms with Gasteiger partial charge in [-0.05, 0) is 37.5 Å². The number of carbonyl (C=O) groups is 1. The van der Waals surface area contributed by atoms with Crippen molar-refractivity contribution in [2.24, 2.45) is 7.05 Å². The number of nitriles is 1. The van der Waals surface area contributed by atoms with Crippen LogP contribution in [0.15, 0.2) is 29.3 Å². The number of aliphatic hydroxyl groups excluding tert-OH is 1. The number of carbonyl (C=O) groups excluding carboxylic acids is 1. The zero-order valence-electron chi connectivity index (χ0n) is 15.9. The van der Waals surface area contributed by atoms with Gasteiger partial charge >= 0.3 is 0 Å². The highest BCUT2D eigenvalue weighted by Crippen LogP contribution is 2.28. The van der Waals surface area contributed by atoms with E-state index in [-0.39, 0.29) is 23.4 Å². The highest BCUT2D eigenvalue weighted by atomic mass is 32.2. The van der Waals surface area contributed by atoms with Crippen LogP contribution in [-0.4, -0.2) is 36.1 Å². The number of aliphatic hydroxyl groups is 1. The van der Waals surface area contributed by atoms with Gasteiger partial charge in [-0.25, -0.2) is 13.1 Å². The van der Waals surface area contributed by atoms with E-state index in [1.165, 1.54) is 10.8 Å². The Balaban J connectivity index is 1.97. The SMILES string of the molecule is C#CC(O)C1CCc2c(cn(C)c2C(=O)Nc2ccc(C)c(C#N)c2)S(=O)(=O)N1. The molecular weight excluding hydrogens is 392 g/mol. The van der Waals surface area contributed by atoms with E-state index in [2.05, 4.69) is 22.0 Å². The number of rotatable bonds is 3. The minimum absolute atomic E-state index is 0.0153. The quantitative estimate of drug-likeness (QED) is 0.650. The van der Waals surface area contributed by atoms with Gasteiger partial charge in [-0.2, -0.15) is 5.26 Å². The van der Waals surface area contributed by atoms with Crippen molar-refractivity contribution in [1.29, 1.82) is 5.26 Å². The van der Waals surface area contributed by atoms with Crippen molar-refractivity contribution in [3.05, 3.63) is 46.8 Å². The number of nitrogens with one attached hydrogen (secondary N) is 2. The third-order valence-electron chi connectivity index (χ3n) is 4.93. The van der Waals surface area contributed by atoms with Crippen LogP contribution in [0.25, 0.3) is 0 Å². The molecule has 29 heavy (non-hydrogen) atoms. The van der Waals surface area contributed by atoms with Crippen LogP contribution >= 0.6 is 0 Å². The van der Waals surface area contributed by atoms with Gasteiger partial charge in [0.05, 0.1) is 17.7 Å². The number of aryl methyl sites for hydroxylation is 2. The number of anilines is 1. The maximum atomic E-state index is 12.9. The Labute approximate surface area is 169 Å². The van der Waals surface area contributed by atoms with Crippen LogP contribution in [0, 0.1) is 30.6 Å². The summed E-state index contributed by atoms with van der Waals surface area (Å²) in [5.41, 5.74) is 2.21. The molecule has 0 aliphatic carbocycles. The average Bonchev–Trinajstić information content (AvgIpc) is 2.96. The Hall–Kier alpha value is -3.11. The van der Waals surface area contributed by atoms with Crippen molar-refractivity contribution in [2.75, 3.05) is 5.32 Å². The van der Waals surface area contributed by atoms with Gasteiger partial charge in [-0.15, -0.1) is 6.42 Å². The maximum Gasteiger partial charge on any atom is 0.272 e. The first-order valence-corrected chi connectivity index (χ1v) is 10.3. The molecule has 0 radical (unpaired) electrons. The van der Waals surface area contributed by atoms with Crippen LogP contribution in [0.3, 0.4) is 0 Å². The Kier molecular flexibility index (Phi) is 5.49. The maximum absolute atomic E-state index is 12.9. The lowest BCUT2D eigenvalue weighted by molar-refractivity contribution is 0.101. The Morgan fingerprint density at radius 2 is 2.21 bits per heavy atom. The summed E-state index contributed by atoms with van der Waals surface area (Å²) in [6.45, 7) is 1.79. The molecule has 0 saturated carbocycles. The lowest BCUT2D eigenvalue weighted by atomic mass is 10.0. The van der Waals surface area contributed by atoms with Gasteiger partial charge < -0.3 is 15.0 Å². The molecule has 8 nitrogen and oxygen atoms in total. The highest BCUT2D eigenvalue weighted by molar-refractivity contribution is 7.89. The molecule has 3 N–H and O–H groups in total. The number of fused-ring (bicyclic) bond motifs is 1. The predicted octanol–water partition coefficient (Wildman–Crippen LogP) is 1.04. The Bertz CT molecular complexity index is 1170. The smallest absolute Gasteiger partial charge is 0.272 e. The Morgan fingerprint density at radius 3 is 2.86 bits per heavy atom. The summed E-state index contributed by atoms with van der Waals surface area (Å²) in [4.78, 5) is 12.9. The van der Waals surface area contributed by atoms with Gasteiger partial charge in [-0.3, -0.25) is 4.79 Å². The van der Waals surface area contributed by atoms with Crippen molar-refractivity contribution in [3.8, 4) is 18.4 Å². The minimum atomic E-state index is -3.96. The van der Waals surface area contributed by atoms with E-state index < -0.39 is 28.1 Å². The molecule has 1 aromatic carbocycles. The van der Waals surface area contributed by atoms with E-state index in [1.807, 2.05) is 0 Å². The third kappa shape index (κ3) is 3.89. The molecule has 3 rings (SSSR count). The molecule has 0 spiro atoms. The van der Waals surface area contributed by atoms with Gasteiger partial charge in [0.2, 0.25) is 10.0 Å². The molecule has 1 aromatic heterocycles. The molecule has 2 atom stereocenters. The predicted molar refractivity (Wildman–Crippen MR) is 107 cm³/mol. The van der Waals surface area contributed by atoms with E-state index in [1.54, 1.807) is 32.2 Å². The molecule has 1 aliphatic heterocycles. The molecule has 9 heteroatoms. The number of hydrogen-bond acceptors (Lipinski definition) is 5. The van der Waals surface area contributed by atoms with Gasteiger partial charge in [0.1, 0.15) is 16.7 Å². The fourth-order valence-electron chi connectivity index (χ4n) is 3.39. The summed E-state index contributed by atoms with van der Waals surface area (Å²) >= 11 is 0. The molecule has 2 heterocycles. The second-order valence-corrected chi connectivity index (χ2v) is 8.59. The zero-order valence-corrected chi connectivity index (χ0v) is 16.7. The molecule has 0 bridgehead atoms. The van der Waals surface area contributed by atoms with Crippen molar-refractivity contribution < 1.29 is 18.3 Å². The first-order chi connectivity index (χ1) is 13.7. The number of aromatic nitrogens is 1. The number of hydrogen-bond donors (Lipinski definition) is 3. The summed E-state index contributed by atoms with van der Waals surface area (Å²) in [5.74, 6) is 1.64. The normalized spacial score (nSPS) is 18.6. The second kappa shape index (κ2) is 7.72. The van der Waals surface area contributed by atoms with Crippen LogP contribution in [0.2, 0.25) is 0 Å². The van der Waals surface area contributed by atoms with Gasteiger partial charge in [-0.1, -0.05) is 12.0 Å². The number of benzene rings is 1. The largest absolute Gasteiger partial charge is 0.379 e. The van der Waals surface area contributed by atoms with Crippen molar-refractivity contribution in [3.63, 3.8) is 0 Å². The minimum Gasteiger partial charge on any atom is -0.379 e. The zero-order chi connectivity index (χ0) is 21.3. The molecule has 1 aliphatic rings. The average molecular weight is 412 g/mol. The fourth-order valence-corrected chi connectivity index (χ4v) is 4.98. The van der Waals surface area contributed by atoms with Crippen LogP contribution < -0.4 is 10.0 Å². The van der Waals surface area contributed by atoms with Crippen LogP contribution in [-0.2, 0) is 23.5 Å². The second-order valence-electron chi connectivity index (χ2n) is 6.91. The molecule has 0 fully saturated rings. The third-order valence-corrected chi connectivity index (χ3v) is 6.48.